The maximum absolute atomic E-state index is 5.75. The van der Waals surface area contributed by atoms with Crippen molar-refractivity contribution < 1.29 is 9.47 Å². The lowest BCUT2D eigenvalue weighted by Gasteiger charge is -2.16. The van der Waals surface area contributed by atoms with E-state index in [9.17, 15) is 0 Å². The summed E-state index contributed by atoms with van der Waals surface area (Å²) in [5, 5.41) is 8.87. The van der Waals surface area contributed by atoms with Crippen LogP contribution in [0.25, 0.3) is 0 Å². The fraction of sp³-hybridized carbons (Fsp3) is 0.706. The Hall–Kier alpha value is -0.380. The number of aliphatic imine (C=N–C) groups is 1. The van der Waals surface area contributed by atoms with E-state index in [0.717, 1.165) is 58.1 Å². The molecule has 0 amide bonds. The van der Waals surface area contributed by atoms with Gasteiger partial charge in [-0.3, -0.25) is 4.99 Å². The third-order valence-corrected chi connectivity index (χ3v) is 4.73. The number of hydrogen-bond acceptors (Lipinski definition) is 4. The third kappa shape index (κ3) is 8.64. The summed E-state index contributed by atoms with van der Waals surface area (Å²) in [7, 11) is 1.81. The van der Waals surface area contributed by atoms with Crippen molar-refractivity contribution in [1.29, 1.82) is 0 Å². The van der Waals surface area contributed by atoms with Crippen LogP contribution in [0.3, 0.4) is 0 Å². The lowest BCUT2D eigenvalue weighted by Crippen LogP contribution is -2.40. The predicted octanol–water partition coefficient (Wildman–Crippen LogP) is 2.91. The summed E-state index contributed by atoms with van der Waals surface area (Å²) in [6.45, 7) is 6.41. The van der Waals surface area contributed by atoms with Crippen molar-refractivity contribution in [3.8, 4) is 0 Å². The van der Waals surface area contributed by atoms with Gasteiger partial charge in [0.05, 0.1) is 12.7 Å². The summed E-state index contributed by atoms with van der Waals surface area (Å²) < 4.78 is 11.0. The number of hydrogen-bond donors (Lipinski definition) is 2. The van der Waals surface area contributed by atoms with Gasteiger partial charge in [-0.05, 0) is 36.6 Å². The van der Waals surface area contributed by atoms with Crippen molar-refractivity contribution in [1.82, 2.24) is 10.6 Å². The van der Waals surface area contributed by atoms with Gasteiger partial charge < -0.3 is 20.1 Å². The summed E-state index contributed by atoms with van der Waals surface area (Å²) in [5.74, 6) is 1.45. The average molecular weight is 467 g/mol. The molecule has 5 nitrogen and oxygen atoms in total. The Morgan fingerprint density at radius 2 is 2.38 bits per heavy atom. The fourth-order valence-electron chi connectivity index (χ4n) is 2.51. The van der Waals surface area contributed by atoms with Gasteiger partial charge in [0.2, 0.25) is 0 Å². The van der Waals surface area contributed by atoms with E-state index in [1.807, 2.05) is 18.4 Å². The first-order valence-corrected chi connectivity index (χ1v) is 9.32. The molecule has 1 fully saturated rings. The van der Waals surface area contributed by atoms with Crippen LogP contribution in [0.15, 0.2) is 22.5 Å². The number of nitrogens with one attached hydrogen (secondary N) is 2. The Bertz CT molecular complexity index is 451. The molecule has 1 aliphatic rings. The maximum Gasteiger partial charge on any atom is 0.190 e. The number of thiophene rings is 1. The zero-order chi connectivity index (χ0) is 16.3. The highest BCUT2D eigenvalue weighted by atomic mass is 127. The Morgan fingerprint density at radius 3 is 3.04 bits per heavy atom. The Balaban J connectivity index is 0.00000288. The summed E-state index contributed by atoms with van der Waals surface area (Å²) in [4.78, 5) is 5.71. The molecule has 0 aliphatic carbocycles. The van der Waals surface area contributed by atoms with Crippen LogP contribution in [0.5, 0.6) is 0 Å². The van der Waals surface area contributed by atoms with Crippen LogP contribution >= 0.6 is 35.3 Å². The maximum atomic E-state index is 5.75. The average Bonchev–Trinajstić information content (AvgIpc) is 3.23. The molecule has 0 saturated carbocycles. The van der Waals surface area contributed by atoms with Crippen LogP contribution < -0.4 is 10.6 Å². The SMILES string of the molecule is CN=C(NCCCOC1CCOC1)NCC(C)Cc1cccs1.I. The molecule has 24 heavy (non-hydrogen) atoms. The van der Waals surface area contributed by atoms with Crippen molar-refractivity contribution in [3.63, 3.8) is 0 Å². The molecule has 1 aliphatic heterocycles. The van der Waals surface area contributed by atoms with Crippen LogP contribution in [-0.2, 0) is 15.9 Å². The van der Waals surface area contributed by atoms with Gasteiger partial charge in [-0.15, -0.1) is 35.3 Å². The molecular weight excluding hydrogens is 437 g/mol. The zero-order valence-electron chi connectivity index (χ0n) is 14.6. The van der Waals surface area contributed by atoms with E-state index in [-0.39, 0.29) is 24.0 Å². The third-order valence-electron chi connectivity index (χ3n) is 3.83. The molecule has 2 atom stereocenters. The Kier molecular flexibility index (Phi) is 11.7. The molecule has 0 aromatic carbocycles. The Labute approximate surface area is 166 Å². The number of guanidine groups is 1. The van der Waals surface area contributed by atoms with E-state index in [1.54, 1.807) is 0 Å². The standard InChI is InChI=1S/C17H29N3O2S.HI/c1-14(11-16-5-3-10-23-16)12-20-17(18-2)19-7-4-8-22-15-6-9-21-13-15;/h3,5,10,14-15H,4,6-9,11-13H2,1-2H3,(H2,18,19,20);1H. The first-order valence-electron chi connectivity index (χ1n) is 8.44. The lowest BCUT2D eigenvalue weighted by molar-refractivity contribution is 0.0420. The van der Waals surface area contributed by atoms with Gasteiger partial charge in [0.1, 0.15) is 0 Å². The Morgan fingerprint density at radius 1 is 1.50 bits per heavy atom. The van der Waals surface area contributed by atoms with E-state index < -0.39 is 0 Å². The van der Waals surface area contributed by atoms with Crippen LogP contribution in [0.2, 0.25) is 0 Å². The van der Waals surface area contributed by atoms with Crippen molar-refractivity contribution in [2.75, 3.05) is 40.0 Å². The highest BCUT2D eigenvalue weighted by molar-refractivity contribution is 14.0. The summed E-state index contributed by atoms with van der Waals surface area (Å²) in [6.07, 6.45) is 3.41. The molecule has 7 heteroatoms. The summed E-state index contributed by atoms with van der Waals surface area (Å²) in [5.41, 5.74) is 0. The molecule has 1 saturated heterocycles. The number of nitrogens with zero attached hydrogens (tertiary/aromatic N) is 1. The molecular formula is C17H30IN3O2S. The zero-order valence-corrected chi connectivity index (χ0v) is 17.8. The molecule has 2 N–H and O–H groups in total. The second-order valence-corrected chi connectivity index (χ2v) is 7.01. The molecule has 2 rings (SSSR count). The largest absolute Gasteiger partial charge is 0.379 e. The molecule has 1 aromatic rings. The first kappa shape index (κ1) is 21.7. The molecule has 138 valence electrons. The van der Waals surface area contributed by atoms with E-state index >= 15 is 0 Å². The molecule has 0 radical (unpaired) electrons. The quantitative estimate of drug-likeness (QED) is 0.254. The van der Waals surface area contributed by atoms with Crippen molar-refractivity contribution >= 4 is 41.3 Å². The van der Waals surface area contributed by atoms with E-state index in [2.05, 4.69) is 40.1 Å². The number of ether oxygens (including phenoxy) is 2. The van der Waals surface area contributed by atoms with E-state index in [4.69, 9.17) is 9.47 Å². The summed E-state index contributed by atoms with van der Waals surface area (Å²) >= 11 is 1.82. The second kappa shape index (κ2) is 12.9. The minimum atomic E-state index is 0. The van der Waals surface area contributed by atoms with Crippen molar-refractivity contribution in [2.24, 2.45) is 10.9 Å². The molecule has 1 aromatic heterocycles. The van der Waals surface area contributed by atoms with E-state index in [1.165, 1.54) is 4.88 Å². The van der Waals surface area contributed by atoms with Crippen molar-refractivity contribution in [3.05, 3.63) is 22.4 Å². The van der Waals surface area contributed by atoms with Gasteiger partial charge in [-0.25, -0.2) is 0 Å². The first-order chi connectivity index (χ1) is 11.3. The minimum Gasteiger partial charge on any atom is -0.379 e. The van der Waals surface area contributed by atoms with E-state index in [0.29, 0.717) is 12.0 Å². The van der Waals surface area contributed by atoms with Gasteiger partial charge >= 0.3 is 0 Å². The van der Waals surface area contributed by atoms with Gasteiger partial charge in [-0.2, -0.15) is 0 Å². The van der Waals surface area contributed by atoms with Crippen LogP contribution in [0.4, 0.5) is 0 Å². The number of rotatable bonds is 9. The second-order valence-electron chi connectivity index (χ2n) is 5.98. The molecule has 0 bridgehead atoms. The minimum absolute atomic E-state index is 0. The predicted molar refractivity (Wildman–Crippen MR) is 112 cm³/mol. The van der Waals surface area contributed by atoms with Gasteiger partial charge in [-0.1, -0.05) is 13.0 Å². The molecule has 2 unspecified atom stereocenters. The smallest absolute Gasteiger partial charge is 0.190 e. The monoisotopic (exact) mass is 467 g/mol. The van der Waals surface area contributed by atoms with Gasteiger partial charge in [0.15, 0.2) is 5.96 Å². The lowest BCUT2D eigenvalue weighted by atomic mass is 10.1. The topological polar surface area (TPSA) is 54.9 Å². The van der Waals surface area contributed by atoms with Crippen LogP contribution in [0.1, 0.15) is 24.6 Å². The van der Waals surface area contributed by atoms with Crippen LogP contribution in [-0.4, -0.2) is 52.0 Å². The van der Waals surface area contributed by atoms with Crippen molar-refractivity contribution in [2.45, 2.75) is 32.3 Å². The van der Waals surface area contributed by atoms with Crippen LogP contribution in [0, 0.1) is 5.92 Å². The number of halogens is 1. The van der Waals surface area contributed by atoms with Gasteiger partial charge in [0, 0.05) is 38.2 Å². The normalized spacial score (nSPS) is 18.9. The summed E-state index contributed by atoms with van der Waals surface area (Å²) in [6, 6.07) is 4.31. The molecule has 2 heterocycles. The molecule has 0 spiro atoms. The van der Waals surface area contributed by atoms with Gasteiger partial charge in [0.25, 0.3) is 0 Å². The highest BCUT2D eigenvalue weighted by Crippen LogP contribution is 2.13. The highest BCUT2D eigenvalue weighted by Gasteiger charge is 2.15. The fourth-order valence-corrected chi connectivity index (χ4v) is 3.38.